The first-order chi connectivity index (χ1) is 13.1. The van der Waals surface area contributed by atoms with Crippen LogP contribution in [0.25, 0.3) is 5.65 Å². The highest BCUT2D eigenvalue weighted by atomic mass is 16.1. The Morgan fingerprint density at radius 3 is 2.93 bits per heavy atom. The Bertz CT molecular complexity index is 964. The fraction of sp³-hybridized carbons (Fsp3) is 0.381. The normalized spacial score (nSPS) is 17.3. The first-order valence-corrected chi connectivity index (χ1v) is 9.50. The Kier molecular flexibility index (Phi) is 4.79. The van der Waals surface area contributed by atoms with Crippen molar-refractivity contribution in [2.24, 2.45) is 5.92 Å². The predicted octanol–water partition coefficient (Wildman–Crippen LogP) is 2.88. The fourth-order valence-corrected chi connectivity index (χ4v) is 3.66. The second-order valence-corrected chi connectivity index (χ2v) is 7.35. The van der Waals surface area contributed by atoms with Gasteiger partial charge < -0.3 is 10.2 Å². The van der Waals surface area contributed by atoms with Crippen LogP contribution in [0.5, 0.6) is 0 Å². The maximum absolute atomic E-state index is 12.7. The monoisotopic (exact) mass is 363 g/mol. The molecule has 1 saturated heterocycles. The molecule has 1 N–H and O–H groups in total. The highest BCUT2D eigenvalue weighted by Crippen LogP contribution is 2.22. The first-order valence-electron chi connectivity index (χ1n) is 9.50. The van der Waals surface area contributed by atoms with Gasteiger partial charge in [-0.1, -0.05) is 24.3 Å². The van der Waals surface area contributed by atoms with Crippen molar-refractivity contribution in [2.75, 3.05) is 18.0 Å². The van der Waals surface area contributed by atoms with Gasteiger partial charge in [-0.2, -0.15) is 0 Å². The van der Waals surface area contributed by atoms with E-state index in [1.165, 1.54) is 11.1 Å². The molecule has 3 heterocycles. The van der Waals surface area contributed by atoms with E-state index < -0.39 is 0 Å². The van der Waals surface area contributed by atoms with Crippen LogP contribution < -0.4 is 10.2 Å². The van der Waals surface area contributed by atoms with E-state index in [0.717, 1.165) is 36.5 Å². The van der Waals surface area contributed by atoms with Gasteiger partial charge >= 0.3 is 0 Å². The third kappa shape index (κ3) is 3.65. The molecular formula is C21H25N5O. The number of carbonyl (C=O) groups is 1. The van der Waals surface area contributed by atoms with Gasteiger partial charge in [-0.05, 0) is 55.5 Å². The van der Waals surface area contributed by atoms with Gasteiger partial charge in [0.05, 0.1) is 5.92 Å². The maximum atomic E-state index is 12.7. The molecular weight excluding hydrogens is 338 g/mol. The van der Waals surface area contributed by atoms with Gasteiger partial charge in [-0.25, -0.2) is 0 Å². The quantitative estimate of drug-likeness (QED) is 0.774. The van der Waals surface area contributed by atoms with Crippen LogP contribution in [0.15, 0.2) is 42.6 Å². The van der Waals surface area contributed by atoms with Crippen LogP contribution in [0.1, 0.15) is 29.5 Å². The minimum Gasteiger partial charge on any atom is -0.352 e. The minimum absolute atomic E-state index is 0.0265. The molecule has 1 amide bonds. The first kappa shape index (κ1) is 17.5. The number of benzene rings is 1. The number of pyridine rings is 1. The molecule has 1 aliphatic rings. The summed E-state index contributed by atoms with van der Waals surface area (Å²) in [4.78, 5) is 14.9. The van der Waals surface area contributed by atoms with E-state index in [4.69, 9.17) is 0 Å². The lowest BCUT2D eigenvalue weighted by atomic mass is 9.97. The molecule has 0 bridgehead atoms. The van der Waals surface area contributed by atoms with Gasteiger partial charge in [0.2, 0.25) is 11.9 Å². The average Bonchev–Trinajstić information content (AvgIpc) is 3.13. The van der Waals surface area contributed by atoms with Crippen LogP contribution in [0.3, 0.4) is 0 Å². The van der Waals surface area contributed by atoms with Crippen LogP contribution in [-0.2, 0) is 11.3 Å². The molecule has 3 aromatic rings. The summed E-state index contributed by atoms with van der Waals surface area (Å²) >= 11 is 0. The summed E-state index contributed by atoms with van der Waals surface area (Å²) in [5.74, 6) is 0.908. The molecule has 6 heteroatoms. The molecule has 2 aromatic heterocycles. The number of rotatable bonds is 4. The molecule has 0 spiro atoms. The van der Waals surface area contributed by atoms with Crippen molar-refractivity contribution >= 4 is 17.5 Å². The van der Waals surface area contributed by atoms with Crippen molar-refractivity contribution in [3.8, 4) is 0 Å². The zero-order chi connectivity index (χ0) is 18.8. The molecule has 1 aromatic carbocycles. The summed E-state index contributed by atoms with van der Waals surface area (Å²) in [6.45, 7) is 6.35. The number of hydrogen-bond acceptors (Lipinski definition) is 4. The molecule has 27 heavy (non-hydrogen) atoms. The Morgan fingerprint density at radius 2 is 2.07 bits per heavy atom. The zero-order valence-corrected chi connectivity index (χ0v) is 15.9. The smallest absolute Gasteiger partial charge is 0.231 e. The van der Waals surface area contributed by atoms with Crippen molar-refractivity contribution in [1.29, 1.82) is 0 Å². The lowest BCUT2D eigenvalue weighted by Gasteiger charge is -2.32. The summed E-state index contributed by atoms with van der Waals surface area (Å²) in [7, 11) is 0. The molecule has 140 valence electrons. The Labute approximate surface area is 159 Å². The van der Waals surface area contributed by atoms with Crippen LogP contribution in [-0.4, -0.2) is 33.6 Å². The summed E-state index contributed by atoms with van der Waals surface area (Å²) < 4.78 is 1.98. The van der Waals surface area contributed by atoms with Crippen molar-refractivity contribution < 1.29 is 4.79 Å². The second kappa shape index (κ2) is 7.39. The molecule has 0 aliphatic carbocycles. The number of hydrogen-bond donors (Lipinski definition) is 1. The van der Waals surface area contributed by atoms with Crippen LogP contribution in [0.2, 0.25) is 0 Å². The summed E-state index contributed by atoms with van der Waals surface area (Å²) in [5, 5.41) is 11.7. The number of anilines is 1. The number of nitrogens with one attached hydrogen (secondary N) is 1. The van der Waals surface area contributed by atoms with Gasteiger partial charge in [0, 0.05) is 25.8 Å². The summed E-state index contributed by atoms with van der Waals surface area (Å²) in [6, 6.07) is 12.2. The Morgan fingerprint density at radius 1 is 1.19 bits per heavy atom. The van der Waals surface area contributed by atoms with E-state index in [-0.39, 0.29) is 11.8 Å². The SMILES string of the molecule is Cc1ccc(CNC(=O)[C@@H]2CCCN(c3nnc4ccccn34)C2)cc1C. The topological polar surface area (TPSA) is 62.5 Å². The van der Waals surface area contributed by atoms with Crippen molar-refractivity contribution in [2.45, 2.75) is 33.2 Å². The molecule has 0 radical (unpaired) electrons. The number of piperidine rings is 1. The Hall–Kier alpha value is -2.89. The van der Waals surface area contributed by atoms with E-state index in [1.807, 2.05) is 28.8 Å². The molecule has 6 nitrogen and oxygen atoms in total. The summed E-state index contributed by atoms with van der Waals surface area (Å²) in [6.07, 6.45) is 3.85. The number of carbonyl (C=O) groups excluding carboxylic acids is 1. The van der Waals surface area contributed by atoms with E-state index in [9.17, 15) is 4.79 Å². The van der Waals surface area contributed by atoms with Gasteiger partial charge in [-0.15, -0.1) is 10.2 Å². The van der Waals surface area contributed by atoms with E-state index >= 15 is 0 Å². The van der Waals surface area contributed by atoms with Gasteiger partial charge in [0.1, 0.15) is 0 Å². The van der Waals surface area contributed by atoms with E-state index in [2.05, 4.69) is 52.5 Å². The zero-order valence-electron chi connectivity index (χ0n) is 15.9. The predicted molar refractivity (Wildman–Crippen MR) is 106 cm³/mol. The lowest BCUT2D eigenvalue weighted by Crippen LogP contribution is -2.43. The van der Waals surface area contributed by atoms with Gasteiger partial charge in [0.25, 0.3) is 0 Å². The number of fused-ring (bicyclic) bond motifs is 1. The van der Waals surface area contributed by atoms with Crippen molar-refractivity contribution in [3.63, 3.8) is 0 Å². The molecule has 1 fully saturated rings. The maximum Gasteiger partial charge on any atom is 0.231 e. The molecule has 1 aliphatic heterocycles. The molecule has 1 atom stereocenters. The largest absolute Gasteiger partial charge is 0.352 e. The molecule has 0 unspecified atom stereocenters. The second-order valence-electron chi connectivity index (χ2n) is 7.35. The van der Waals surface area contributed by atoms with Crippen LogP contribution in [0, 0.1) is 19.8 Å². The minimum atomic E-state index is -0.0265. The van der Waals surface area contributed by atoms with Crippen molar-refractivity contribution in [3.05, 3.63) is 59.3 Å². The third-order valence-corrected chi connectivity index (χ3v) is 5.41. The standard InChI is InChI=1S/C21H25N5O/c1-15-8-9-17(12-16(15)2)13-22-20(27)18-6-5-10-25(14-18)21-24-23-19-7-3-4-11-26(19)21/h3-4,7-9,11-12,18H,5-6,10,13-14H2,1-2H3,(H,22,27)/t18-/m1/s1. The average molecular weight is 363 g/mol. The van der Waals surface area contributed by atoms with E-state index in [0.29, 0.717) is 13.1 Å². The lowest BCUT2D eigenvalue weighted by molar-refractivity contribution is -0.125. The Balaban J connectivity index is 1.41. The van der Waals surface area contributed by atoms with Crippen LogP contribution >= 0.6 is 0 Å². The number of nitrogens with zero attached hydrogens (tertiary/aromatic N) is 4. The van der Waals surface area contributed by atoms with Gasteiger partial charge in [0.15, 0.2) is 5.65 Å². The molecule has 0 saturated carbocycles. The van der Waals surface area contributed by atoms with Gasteiger partial charge in [-0.3, -0.25) is 9.20 Å². The highest BCUT2D eigenvalue weighted by Gasteiger charge is 2.28. The van der Waals surface area contributed by atoms with Crippen molar-refractivity contribution in [1.82, 2.24) is 19.9 Å². The number of aryl methyl sites for hydroxylation is 2. The highest BCUT2D eigenvalue weighted by molar-refractivity contribution is 5.79. The summed E-state index contributed by atoms with van der Waals surface area (Å²) in [5.41, 5.74) is 4.49. The third-order valence-electron chi connectivity index (χ3n) is 5.41. The van der Waals surface area contributed by atoms with E-state index in [1.54, 1.807) is 0 Å². The fourth-order valence-electron chi connectivity index (χ4n) is 3.66. The molecule has 4 rings (SSSR count). The number of aromatic nitrogens is 3. The van der Waals surface area contributed by atoms with Crippen LogP contribution in [0.4, 0.5) is 5.95 Å². The number of amides is 1.